The standard InChI is InChI=1S/C8H18N2O2/c1-6-9(11)7(2,3)8(4,5)10(6)12/h6,11-12H,1-5H3. The van der Waals surface area contributed by atoms with Gasteiger partial charge in [0.15, 0.2) is 0 Å². The molecule has 0 radical (unpaired) electrons. The van der Waals surface area contributed by atoms with Gasteiger partial charge in [-0.2, -0.15) is 10.1 Å². The number of hydrogen-bond acceptors (Lipinski definition) is 4. The molecule has 4 heteroatoms. The molecule has 1 saturated heterocycles. The second-order valence-electron chi connectivity index (χ2n) is 4.44. The highest BCUT2D eigenvalue weighted by Gasteiger charge is 2.56. The Labute approximate surface area is 73.3 Å². The van der Waals surface area contributed by atoms with E-state index in [0.29, 0.717) is 0 Å². The summed E-state index contributed by atoms with van der Waals surface area (Å²) < 4.78 is 0. The van der Waals surface area contributed by atoms with Crippen LogP contribution in [0.3, 0.4) is 0 Å². The third-order valence-corrected chi connectivity index (χ3v) is 3.35. The molecule has 0 unspecified atom stereocenters. The van der Waals surface area contributed by atoms with Crippen LogP contribution in [0.4, 0.5) is 0 Å². The predicted octanol–water partition coefficient (Wildman–Crippen LogP) is 1.29. The largest absolute Gasteiger partial charge is 0.312 e. The summed E-state index contributed by atoms with van der Waals surface area (Å²) >= 11 is 0. The van der Waals surface area contributed by atoms with Crippen molar-refractivity contribution in [3.05, 3.63) is 0 Å². The van der Waals surface area contributed by atoms with Gasteiger partial charge in [-0.25, -0.2) is 0 Å². The van der Waals surface area contributed by atoms with Crippen LogP contribution in [0.2, 0.25) is 0 Å². The van der Waals surface area contributed by atoms with Gasteiger partial charge in [-0.15, -0.1) is 0 Å². The highest BCUT2D eigenvalue weighted by molar-refractivity contribution is 5.05. The Morgan fingerprint density at radius 3 is 1.25 bits per heavy atom. The van der Waals surface area contributed by atoms with Crippen LogP contribution in [-0.2, 0) is 0 Å². The van der Waals surface area contributed by atoms with Crippen LogP contribution >= 0.6 is 0 Å². The second-order valence-corrected chi connectivity index (χ2v) is 4.44. The van der Waals surface area contributed by atoms with E-state index in [-0.39, 0.29) is 6.17 Å². The maximum absolute atomic E-state index is 9.66. The number of nitrogens with zero attached hydrogens (tertiary/aromatic N) is 2. The van der Waals surface area contributed by atoms with Crippen molar-refractivity contribution in [3.63, 3.8) is 0 Å². The molecule has 0 amide bonds. The highest BCUT2D eigenvalue weighted by Crippen LogP contribution is 2.40. The molecule has 1 rings (SSSR count). The van der Waals surface area contributed by atoms with E-state index < -0.39 is 11.1 Å². The zero-order valence-electron chi connectivity index (χ0n) is 8.37. The van der Waals surface area contributed by atoms with E-state index in [1.54, 1.807) is 6.92 Å². The van der Waals surface area contributed by atoms with E-state index in [2.05, 4.69) is 0 Å². The van der Waals surface area contributed by atoms with Crippen LogP contribution < -0.4 is 0 Å². The van der Waals surface area contributed by atoms with Crippen LogP contribution in [-0.4, -0.2) is 37.8 Å². The van der Waals surface area contributed by atoms with Gasteiger partial charge in [0, 0.05) is 0 Å². The van der Waals surface area contributed by atoms with Gasteiger partial charge in [-0.3, -0.25) is 0 Å². The van der Waals surface area contributed by atoms with Gasteiger partial charge in [0.25, 0.3) is 0 Å². The first-order valence-electron chi connectivity index (χ1n) is 4.19. The SMILES string of the molecule is CC1N(O)C(C)(C)C(C)(C)N1O. The summed E-state index contributed by atoms with van der Waals surface area (Å²) in [5, 5.41) is 21.7. The lowest BCUT2D eigenvalue weighted by atomic mass is 9.84. The molecule has 0 aliphatic carbocycles. The van der Waals surface area contributed by atoms with Gasteiger partial charge >= 0.3 is 0 Å². The Balaban J connectivity index is 3.06. The third-order valence-electron chi connectivity index (χ3n) is 3.35. The third kappa shape index (κ3) is 0.925. The molecule has 0 aromatic carbocycles. The molecule has 1 aliphatic rings. The Hall–Kier alpha value is -0.160. The van der Waals surface area contributed by atoms with Crippen LogP contribution in [0, 0.1) is 0 Å². The molecule has 0 bridgehead atoms. The molecule has 1 fully saturated rings. The molecule has 2 N–H and O–H groups in total. The summed E-state index contributed by atoms with van der Waals surface area (Å²) in [6.07, 6.45) is -0.352. The summed E-state index contributed by atoms with van der Waals surface area (Å²) in [6, 6.07) is 0. The fourth-order valence-corrected chi connectivity index (χ4v) is 1.60. The molecule has 0 aromatic heterocycles. The van der Waals surface area contributed by atoms with Gasteiger partial charge in [-0.05, 0) is 34.6 Å². The first-order valence-corrected chi connectivity index (χ1v) is 4.19. The van der Waals surface area contributed by atoms with Crippen molar-refractivity contribution in [1.82, 2.24) is 10.1 Å². The number of hydrogen-bond donors (Lipinski definition) is 2. The van der Waals surface area contributed by atoms with Gasteiger partial charge in [-0.1, -0.05) is 0 Å². The maximum atomic E-state index is 9.66. The second kappa shape index (κ2) is 2.42. The van der Waals surface area contributed by atoms with Crippen LogP contribution in [0.5, 0.6) is 0 Å². The molecule has 72 valence electrons. The first kappa shape index (κ1) is 9.92. The summed E-state index contributed by atoms with van der Waals surface area (Å²) in [7, 11) is 0. The molecule has 0 atom stereocenters. The minimum atomic E-state index is -0.443. The van der Waals surface area contributed by atoms with Crippen molar-refractivity contribution in [2.75, 3.05) is 0 Å². The van der Waals surface area contributed by atoms with Crippen LogP contribution in [0.1, 0.15) is 34.6 Å². The van der Waals surface area contributed by atoms with Crippen molar-refractivity contribution >= 4 is 0 Å². The lowest BCUT2D eigenvalue weighted by molar-refractivity contribution is -0.212. The minimum Gasteiger partial charge on any atom is -0.312 e. The van der Waals surface area contributed by atoms with Crippen LogP contribution in [0.25, 0.3) is 0 Å². The topological polar surface area (TPSA) is 46.9 Å². The fourth-order valence-electron chi connectivity index (χ4n) is 1.60. The Bertz CT molecular complexity index is 171. The average Bonchev–Trinajstić information content (AvgIpc) is 2.05. The molecule has 1 aliphatic heterocycles. The quantitative estimate of drug-likeness (QED) is 0.581. The summed E-state index contributed by atoms with van der Waals surface area (Å²) in [4.78, 5) is 0. The maximum Gasteiger partial charge on any atom is 0.109 e. The monoisotopic (exact) mass is 174 g/mol. The molecular formula is C8H18N2O2. The Morgan fingerprint density at radius 1 is 0.917 bits per heavy atom. The Kier molecular flexibility index (Phi) is 2.00. The minimum absolute atomic E-state index is 0.352. The lowest BCUT2D eigenvalue weighted by Crippen LogP contribution is -2.52. The first-order chi connectivity index (χ1) is 5.23. The van der Waals surface area contributed by atoms with Crippen molar-refractivity contribution in [2.45, 2.75) is 51.9 Å². The van der Waals surface area contributed by atoms with Crippen LogP contribution in [0.15, 0.2) is 0 Å². The lowest BCUT2D eigenvalue weighted by Gasteiger charge is -2.37. The summed E-state index contributed by atoms with van der Waals surface area (Å²) in [5.74, 6) is 0. The highest BCUT2D eigenvalue weighted by atomic mass is 16.6. The smallest absolute Gasteiger partial charge is 0.109 e. The molecule has 12 heavy (non-hydrogen) atoms. The van der Waals surface area contributed by atoms with Crippen molar-refractivity contribution < 1.29 is 10.4 Å². The average molecular weight is 174 g/mol. The van der Waals surface area contributed by atoms with Gasteiger partial charge in [0.2, 0.25) is 0 Å². The Morgan fingerprint density at radius 2 is 1.17 bits per heavy atom. The van der Waals surface area contributed by atoms with E-state index in [9.17, 15) is 10.4 Å². The molecule has 0 aromatic rings. The van der Waals surface area contributed by atoms with Gasteiger partial charge in [0.05, 0.1) is 11.1 Å². The number of rotatable bonds is 0. The van der Waals surface area contributed by atoms with E-state index in [1.807, 2.05) is 27.7 Å². The molecule has 1 heterocycles. The van der Waals surface area contributed by atoms with E-state index >= 15 is 0 Å². The fraction of sp³-hybridized carbons (Fsp3) is 1.00. The zero-order chi connectivity index (χ0) is 9.73. The van der Waals surface area contributed by atoms with Crippen molar-refractivity contribution in [2.24, 2.45) is 0 Å². The van der Waals surface area contributed by atoms with E-state index in [4.69, 9.17) is 0 Å². The van der Waals surface area contributed by atoms with E-state index in [1.165, 1.54) is 10.1 Å². The van der Waals surface area contributed by atoms with Crippen molar-refractivity contribution in [1.29, 1.82) is 0 Å². The molecule has 0 spiro atoms. The van der Waals surface area contributed by atoms with E-state index in [0.717, 1.165) is 0 Å². The van der Waals surface area contributed by atoms with Crippen molar-refractivity contribution in [3.8, 4) is 0 Å². The predicted molar refractivity (Wildman–Crippen MR) is 44.9 cm³/mol. The number of hydroxylamine groups is 4. The summed E-state index contributed by atoms with van der Waals surface area (Å²) in [6.45, 7) is 9.37. The molecular weight excluding hydrogens is 156 g/mol. The van der Waals surface area contributed by atoms with Gasteiger partial charge in [0.1, 0.15) is 6.17 Å². The molecule has 0 saturated carbocycles. The molecule has 4 nitrogen and oxygen atoms in total. The zero-order valence-corrected chi connectivity index (χ0v) is 8.37. The summed E-state index contributed by atoms with van der Waals surface area (Å²) in [5.41, 5.74) is -0.887. The normalized spacial score (nSPS) is 31.2. The van der Waals surface area contributed by atoms with Gasteiger partial charge < -0.3 is 10.4 Å².